The Balaban J connectivity index is 1.37. The molecule has 1 aromatic carbocycles. The van der Waals surface area contributed by atoms with Crippen LogP contribution in [-0.2, 0) is 29.0 Å². The summed E-state index contributed by atoms with van der Waals surface area (Å²) in [5, 5.41) is 0.655. The van der Waals surface area contributed by atoms with Gasteiger partial charge in [-0.15, -0.1) is 11.3 Å². The molecule has 2 aromatic heterocycles. The molecule has 0 fully saturated rings. The molecule has 30 heavy (non-hydrogen) atoms. The minimum atomic E-state index is -0.562. The monoisotopic (exact) mass is 428 g/mol. The molecule has 0 spiro atoms. The fraction of sp³-hybridized carbons (Fsp3) is 0.364. The minimum absolute atomic E-state index is 0.0384. The maximum absolute atomic E-state index is 12.9. The van der Waals surface area contributed by atoms with Gasteiger partial charge in [-0.3, -0.25) is 14.4 Å². The van der Waals surface area contributed by atoms with Gasteiger partial charge in [-0.1, -0.05) is 6.92 Å². The van der Waals surface area contributed by atoms with Gasteiger partial charge in [-0.25, -0.2) is 9.37 Å². The van der Waals surface area contributed by atoms with Crippen LogP contribution in [0.3, 0.4) is 0 Å². The van der Waals surface area contributed by atoms with Crippen LogP contribution in [-0.4, -0.2) is 21.7 Å². The van der Waals surface area contributed by atoms with Gasteiger partial charge in [0.1, 0.15) is 23.1 Å². The van der Waals surface area contributed by atoms with Gasteiger partial charge in [-0.05, 0) is 55.0 Å². The number of thiophene rings is 1. The number of esters is 1. The topological polar surface area (TPSA) is 89.1 Å². The summed E-state index contributed by atoms with van der Waals surface area (Å²) in [6.45, 7) is 2.05. The van der Waals surface area contributed by atoms with Crippen molar-refractivity contribution in [3.05, 3.63) is 62.3 Å². The van der Waals surface area contributed by atoms with Crippen LogP contribution >= 0.6 is 11.3 Å². The molecule has 0 saturated carbocycles. The number of nitrogens with zero attached hydrogens (tertiary/aromatic N) is 1. The number of aryl methyl sites for hydroxylation is 1. The van der Waals surface area contributed by atoms with E-state index in [9.17, 15) is 18.8 Å². The highest BCUT2D eigenvalue weighted by Crippen LogP contribution is 2.35. The Morgan fingerprint density at radius 1 is 1.27 bits per heavy atom. The first kappa shape index (κ1) is 20.4. The number of ether oxygens (including phenoxy) is 1. The van der Waals surface area contributed by atoms with Crippen molar-refractivity contribution >= 4 is 33.3 Å². The van der Waals surface area contributed by atoms with Gasteiger partial charge in [0.2, 0.25) is 0 Å². The SMILES string of the molecule is C[C@@H]1CCc2c(sc3nc(COC(=O)CCC(=O)c4ccc(F)cc4)[nH]c(=O)c23)C1. The molecule has 0 saturated heterocycles. The van der Waals surface area contributed by atoms with E-state index in [1.54, 1.807) is 0 Å². The number of rotatable bonds is 6. The van der Waals surface area contributed by atoms with Crippen LogP contribution in [0.2, 0.25) is 0 Å². The molecule has 156 valence electrons. The Bertz CT molecular complexity index is 1170. The fourth-order valence-corrected chi connectivity index (χ4v) is 5.08. The van der Waals surface area contributed by atoms with Crippen LogP contribution in [0.15, 0.2) is 29.1 Å². The number of carbonyl (C=O) groups excluding carboxylic acids is 2. The maximum atomic E-state index is 12.9. The van der Waals surface area contributed by atoms with E-state index in [-0.39, 0.29) is 36.6 Å². The Kier molecular flexibility index (Phi) is 5.76. The third-order valence-electron chi connectivity index (χ3n) is 5.31. The van der Waals surface area contributed by atoms with E-state index in [0.717, 1.165) is 24.8 Å². The molecule has 0 unspecified atom stereocenters. The Hall–Kier alpha value is -2.87. The van der Waals surface area contributed by atoms with Crippen molar-refractivity contribution in [2.24, 2.45) is 5.92 Å². The molecule has 4 rings (SSSR count). The number of nitrogens with one attached hydrogen (secondary N) is 1. The summed E-state index contributed by atoms with van der Waals surface area (Å²) in [5.41, 5.74) is 1.24. The number of aromatic nitrogens is 2. The van der Waals surface area contributed by atoms with Gasteiger partial charge in [0, 0.05) is 16.9 Å². The summed E-state index contributed by atoms with van der Waals surface area (Å²) in [6.07, 6.45) is 2.77. The van der Waals surface area contributed by atoms with E-state index in [0.29, 0.717) is 21.7 Å². The van der Waals surface area contributed by atoms with E-state index in [2.05, 4.69) is 16.9 Å². The van der Waals surface area contributed by atoms with Gasteiger partial charge in [-0.2, -0.15) is 0 Å². The summed E-state index contributed by atoms with van der Waals surface area (Å²) >= 11 is 1.54. The lowest BCUT2D eigenvalue weighted by Crippen LogP contribution is -2.16. The van der Waals surface area contributed by atoms with Crippen molar-refractivity contribution in [3.8, 4) is 0 Å². The lowest BCUT2D eigenvalue weighted by molar-refractivity contribution is -0.145. The molecule has 3 aromatic rings. The summed E-state index contributed by atoms with van der Waals surface area (Å²) in [7, 11) is 0. The first-order valence-electron chi connectivity index (χ1n) is 9.88. The molecule has 1 atom stereocenters. The Labute approximate surface area is 176 Å². The van der Waals surface area contributed by atoms with Crippen molar-refractivity contribution in [1.82, 2.24) is 9.97 Å². The van der Waals surface area contributed by atoms with Crippen LogP contribution < -0.4 is 5.56 Å². The highest BCUT2D eigenvalue weighted by atomic mass is 32.1. The predicted octanol–water partition coefficient (Wildman–Crippen LogP) is 3.95. The van der Waals surface area contributed by atoms with Crippen molar-refractivity contribution in [2.75, 3.05) is 0 Å². The zero-order valence-corrected chi connectivity index (χ0v) is 17.3. The van der Waals surface area contributed by atoms with Crippen molar-refractivity contribution < 1.29 is 18.7 Å². The number of carbonyl (C=O) groups is 2. The standard InChI is InChI=1S/C22H21FN2O4S/c1-12-2-7-15-17(10-12)30-22-20(15)21(28)24-18(25-22)11-29-19(27)9-8-16(26)13-3-5-14(23)6-4-13/h3-6,12H,2,7-11H2,1H3,(H,24,25,28)/t12-/m1/s1. The van der Waals surface area contributed by atoms with Gasteiger partial charge in [0.25, 0.3) is 5.56 Å². The number of benzene rings is 1. The molecule has 0 amide bonds. The molecule has 1 aliphatic carbocycles. The molecule has 2 heterocycles. The lowest BCUT2D eigenvalue weighted by atomic mass is 9.89. The Morgan fingerprint density at radius 3 is 2.80 bits per heavy atom. The van der Waals surface area contributed by atoms with Gasteiger partial charge in [0.15, 0.2) is 5.78 Å². The summed E-state index contributed by atoms with van der Waals surface area (Å²) in [4.78, 5) is 45.7. The molecular weight excluding hydrogens is 407 g/mol. The highest BCUT2D eigenvalue weighted by molar-refractivity contribution is 7.18. The van der Waals surface area contributed by atoms with Crippen LogP contribution in [0.25, 0.3) is 10.2 Å². The number of hydrogen-bond donors (Lipinski definition) is 1. The zero-order valence-electron chi connectivity index (χ0n) is 16.5. The molecular formula is C22H21FN2O4S. The molecule has 0 radical (unpaired) electrons. The number of halogens is 1. The highest BCUT2D eigenvalue weighted by Gasteiger charge is 2.23. The average Bonchev–Trinajstić information content (AvgIpc) is 3.08. The summed E-state index contributed by atoms with van der Waals surface area (Å²) in [6, 6.07) is 5.17. The van der Waals surface area contributed by atoms with Crippen LogP contribution in [0, 0.1) is 11.7 Å². The third-order valence-corrected chi connectivity index (χ3v) is 6.45. The van der Waals surface area contributed by atoms with Crippen LogP contribution in [0.1, 0.15) is 52.8 Å². The van der Waals surface area contributed by atoms with Crippen molar-refractivity contribution in [1.29, 1.82) is 0 Å². The second-order valence-corrected chi connectivity index (χ2v) is 8.72. The zero-order chi connectivity index (χ0) is 21.3. The second-order valence-electron chi connectivity index (χ2n) is 7.64. The molecule has 1 N–H and O–H groups in total. The van der Waals surface area contributed by atoms with E-state index in [1.165, 1.54) is 40.5 Å². The lowest BCUT2D eigenvalue weighted by Gasteiger charge is -2.17. The second kappa shape index (κ2) is 8.47. The number of hydrogen-bond acceptors (Lipinski definition) is 6. The van der Waals surface area contributed by atoms with E-state index in [4.69, 9.17) is 4.74 Å². The molecule has 6 nitrogen and oxygen atoms in total. The largest absolute Gasteiger partial charge is 0.458 e. The molecule has 0 aliphatic heterocycles. The molecule has 0 bridgehead atoms. The quantitative estimate of drug-likeness (QED) is 0.474. The first-order chi connectivity index (χ1) is 14.4. The first-order valence-corrected chi connectivity index (χ1v) is 10.7. The van der Waals surface area contributed by atoms with E-state index < -0.39 is 11.8 Å². The summed E-state index contributed by atoms with van der Waals surface area (Å²) in [5.74, 6) is -0.364. The van der Waals surface area contributed by atoms with Gasteiger partial charge in [0.05, 0.1) is 11.8 Å². The van der Waals surface area contributed by atoms with Crippen LogP contribution in [0.4, 0.5) is 4.39 Å². The van der Waals surface area contributed by atoms with E-state index in [1.807, 2.05) is 0 Å². The smallest absolute Gasteiger partial charge is 0.306 e. The number of fused-ring (bicyclic) bond motifs is 3. The molecule has 1 aliphatic rings. The summed E-state index contributed by atoms with van der Waals surface area (Å²) < 4.78 is 18.1. The van der Waals surface area contributed by atoms with Crippen molar-refractivity contribution in [3.63, 3.8) is 0 Å². The third kappa shape index (κ3) is 4.33. The normalized spacial score (nSPS) is 15.7. The van der Waals surface area contributed by atoms with Crippen molar-refractivity contribution in [2.45, 2.75) is 45.6 Å². The minimum Gasteiger partial charge on any atom is -0.458 e. The maximum Gasteiger partial charge on any atom is 0.306 e. The predicted molar refractivity (Wildman–Crippen MR) is 111 cm³/mol. The Morgan fingerprint density at radius 2 is 2.03 bits per heavy atom. The van der Waals surface area contributed by atoms with E-state index >= 15 is 0 Å². The number of Topliss-reactive ketones (excluding diaryl/α,β-unsaturated/α-hetero) is 1. The van der Waals surface area contributed by atoms with Crippen LogP contribution in [0.5, 0.6) is 0 Å². The number of H-pyrrole nitrogens is 1. The molecule has 8 heteroatoms. The average molecular weight is 428 g/mol. The number of aromatic amines is 1. The fourth-order valence-electron chi connectivity index (χ4n) is 3.68. The van der Waals surface area contributed by atoms with Gasteiger partial charge < -0.3 is 9.72 Å². The number of ketones is 1. The van der Waals surface area contributed by atoms with Gasteiger partial charge >= 0.3 is 5.97 Å².